The standard InChI is InChI=1S/C17H33N3O.2ClH/c1-20(15-7-3-4-8-15)12-11-19-16(21)13-17(14-18)9-5-2-6-10-17;;/h15H,2-14,18H2,1H3,(H,19,21);2*1H. The minimum atomic E-state index is 0. The number of likely N-dealkylation sites (N-methyl/N-ethyl adjacent to an activating group) is 1. The average Bonchev–Trinajstić information content (AvgIpc) is 3.02. The molecule has 0 aromatic carbocycles. The number of halogens is 2. The summed E-state index contributed by atoms with van der Waals surface area (Å²) in [6, 6.07) is 0.732. The summed E-state index contributed by atoms with van der Waals surface area (Å²) in [4.78, 5) is 14.6. The van der Waals surface area contributed by atoms with Gasteiger partial charge in [0, 0.05) is 25.6 Å². The summed E-state index contributed by atoms with van der Waals surface area (Å²) in [6.07, 6.45) is 12.0. The van der Waals surface area contributed by atoms with Crippen molar-refractivity contribution in [3.05, 3.63) is 0 Å². The number of carbonyl (C=O) groups is 1. The Hall–Kier alpha value is -0.0300. The third kappa shape index (κ3) is 7.16. The van der Waals surface area contributed by atoms with E-state index in [1.165, 1.54) is 44.9 Å². The molecule has 2 fully saturated rings. The van der Waals surface area contributed by atoms with Crippen LogP contribution in [0.3, 0.4) is 0 Å². The number of nitrogens with zero attached hydrogens (tertiary/aromatic N) is 1. The van der Waals surface area contributed by atoms with Crippen LogP contribution in [0, 0.1) is 5.41 Å². The van der Waals surface area contributed by atoms with Crippen molar-refractivity contribution >= 4 is 30.7 Å². The zero-order chi connectivity index (χ0) is 15.1. The Bertz CT molecular complexity index is 330. The molecule has 4 nitrogen and oxygen atoms in total. The highest BCUT2D eigenvalue weighted by atomic mass is 35.5. The predicted molar refractivity (Wildman–Crippen MR) is 102 cm³/mol. The summed E-state index contributed by atoms with van der Waals surface area (Å²) < 4.78 is 0. The zero-order valence-corrected chi connectivity index (χ0v) is 16.2. The molecule has 0 aliphatic heterocycles. The summed E-state index contributed by atoms with van der Waals surface area (Å²) in [5.74, 6) is 0.196. The van der Waals surface area contributed by atoms with Crippen molar-refractivity contribution in [1.82, 2.24) is 10.2 Å². The van der Waals surface area contributed by atoms with E-state index in [1.54, 1.807) is 0 Å². The summed E-state index contributed by atoms with van der Waals surface area (Å²) in [6.45, 7) is 2.39. The van der Waals surface area contributed by atoms with Gasteiger partial charge in [-0.3, -0.25) is 4.79 Å². The lowest BCUT2D eigenvalue weighted by Crippen LogP contribution is -2.41. The molecule has 6 heteroatoms. The van der Waals surface area contributed by atoms with Crippen LogP contribution in [0.1, 0.15) is 64.2 Å². The van der Waals surface area contributed by atoms with Gasteiger partial charge >= 0.3 is 0 Å². The molecule has 3 N–H and O–H groups in total. The number of hydrogen-bond donors (Lipinski definition) is 2. The lowest BCUT2D eigenvalue weighted by molar-refractivity contribution is -0.123. The van der Waals surface area contributed by atoms with Crippen LogP contribution in [0.4, 0.5) is 0 Å². The van der Waals surface area contributed by atoms with Gasteiger partial charge in [0.2, 0.25) is 5.91 Å². The van der Waals surface area contributed by atoms with Crippen molar-refractivity contribution in [2.24, 2.45) is 11.1 Å². The molecule has 0 radical (unpaired) electrons. The maximum absolute atomic E-state index is 12.2. The molecule has 2 rings (SSSR count). The number of rotatable bonds is 7. The molecule has 0 atom stereocenters. The predicted octanol–water partition coefficient (Wildman–Crippen LogP) is 3.12. The molecular weight excluding hydrogens is 333 g/mol. The maximum atomic E-state index is 12.2. The first-order chi connectivity index (χ1) is 10.2. The van der Waals surface area contributed by atoms with E-state index in [-0.39, 0.29) is 36.1 Å². The molecule has 23 heavy (non-hydrogen) atoms. The molecule has 138 valence electrons. The number of hydrogen-bond acceptors (Lipinski definition) is 3. The third-order valence-electron chi connectivity index (χ3n) is 5.62. The van der Waals surface area contributed by atoms with E-state index in [2.05, 4.69) is 17.3 Å². The normalized spacial score (nSPS) is 20.7. The molecule has 2 saturated carbocycles. The van der Waals surface area contributed by atoms with E-state index in [1.807, 2.05) is 0 Å². The third-order valence-corrected chi connectivity index (χ3v) is 5.62. The summed E-state index contributed by atoms with van der Waals surface area (Å²) >= 11 is 0. The molecule has 0 saturated heterocycles. The molecule has 2 aliphatic carbocycles. The summed E-state index contributed by atoms with van der Waals surface area (Å²) in [7, 11) is 2.19. The van der Waals surface area contributed by atoms with Gasteiger partial charge < -0.3 is 16.0 Å². The van der Waals surface area contributed by atoms with Crippen LogP contribution in [-0.4, -0.2) is 43.5 Å². The first kappa shape index (κ1) is 23.0. The minimum Gasteiger partial charge on any atom is -0.355 e. The van der Waals surface area contributed by atoms with Crippen LogP contribution in [0.2, 0.25) is 0 Å². The molecule has 0 spiro atoms. The van der Waals surface area contributed by atoms with Crippen LogP contribution in [0.25, 0.3) is 0 Å². The van der Waals surface area contributed by atoms with Crippen LogP contribution in [0.15, 0.2) is 0 Å². The second-order valence-electron chi connectivity index (χ2n) is 7.21. The van der Waals surface area contributed by atoms with Gasteiger partial charge in [0.05, 0.1) is 0 Å². The Balaban J connectivity index is 0.00000242. The van der Waals surface area contributed by atoms with Crippen LogP contribution in [-0.2, 0) is 4.79 Å². The number of nitrogens with two attached hydrogens (primary N) is 1. The highest BCUT2D eigenvalue weighted by Crippen LogP contribution is 2.38. The fraction of sp³-hybridized carbons (Fsp3) is 0.941. The van der Waals surface area contributed by atoms with E-state index in [9.17, 15) is 4.79 Å². The van der Waals surface area contributed by atoms with Crippen LogP contribution >= 0.6 is 24.8 Å². The fourth-order valence-corrected chi connectivity index (χ4v) is 4.06. The molecule has 0 unspecified atom stereocenters. The van der Waals surface area contributed by atoms with E-state index in [0.29, 0.717) is 13.0 Å². The van der Waals surface area contributed by atoms with E-state index < -0.39 is 0 Å². The minimum absolute atomic E-state index is 0. The first-order valence-corrected chi connectivity index (χ1v) is 8.82. The van der Waals surface area contributed by atoms with Gasteiger partial charge in [-0.2, -0.15) is 0 Å². The van der Waals surface area contributed by atoms with Crippen LogP contribution in [0.5, 0.6) is 0 Å². The fourth-order valence-electron chi connectivity index (χ4n) is 4.06. The van der Waals surface area contributed by atoms with Crippen molar-refractivity contribution in [2.75, 3.05) is 26.7 Å². The van der Waals surface area contributed by atoms with Gasteiger partial charge in [-0.25, -0.2) is 0 Å². The van der Waals surface area contributed by atoms with Gasteiger partial charge in [-0.05, 0) is 44.7 Å². The molecule has 0 bridgehead atoms. The lowest BCUT2D eigenvalue weighted by atomic mass is 9.71. The van der Waals surface area contributed by atoms with Gasteiger partial charge in [-0.1, -0.05) is 32.1 Å². The Morgan fingerprint density at radius 2 is 1.74 bits per heavy atom. The largest absolute Gasteiger partial charge is 0.355 e. The Labute approximate surface area is 154 Å². The Morgan fingerprint density at radius 3 is 2.30 bits per heavy atom. The van der Waals surface area contributed by atoms with E-state index in [0.717, 1.165) is 32.0 Å². The number of carbonyl (C=O) groups excluding carboxylic acids is 1. The van der Waals surface area contributed by atoms with Crippen molar-refractivity contribution in [1.29, 1.82) is 0 Å². The van der Waals surface area contributed by atoms with Crippen LogP contribution < -0.4 is 11.1 Å². The quantitative estimate of drug-likeness (QED) is 0.726. The topological polar surface area (TPSA) is 58.4 Å². The molecule has 0 aromatic heterocycles. The Morgan fingerprint density at radius 1 is 1.13 bits per heavy atom. The molecular formula is C17H35Cl2N3O. The van der Waals surface area contributed by atoms with Crippen molar-refractivity contribution < 1.29 is 4.79 Å². The first-order valence-electron chi connectivity index (χ1n) is 8.82. The zero-order valence-electron chi connectivity index (χ0n) is 14.5. The summed E-state index contributed by atoms with van der Waals surface area (Å²) in [5.41, 5.74) is 6.04. The van der Waals surface area contributed by atoms with Crippen molar-refractivity contribution in [3.63, 3.8) is 0 Å². The van der Waals surface area contributed by atoms with Gasteiger partial charge in [0.25, 0.3) is 0 Å². The van der Waals surface area contributed by atoms with Gasteiger partial charge in [0.15, 0.2) is 0 Å². The second kappa shape index (κ2) is 11.5. The maximum Gasteiger partial charge on any atom is 0.220 e. The lowest BCUT2D eigenvalue weighted by Gasteiger charge is -2.35. The summed E-state index contributed by atoms with van der Waals surface area (Å²) in [5, 5.41) is 3.11. The number of amides is 1. The smallest absolute Gasteiger partial charge is 0.220 e. The van der Waals surface area contributed by atoms with Crippen molar-refractivity contribution in [2.45, 2.75) is 70.3 Å². The Kier molecular flexibility index (Phi) is 11.5. The average molecular weight is 368 g/mol. The molecule has 0 aromatic rings. The molecule has 2 aliphatic rings. The number of nitrogens with one attached hydrogen (secondary N) is 1. The SMILES string of the molecule is CN(CCNC(=O)CC1(CN)CCCCC1)C1CCCC1.Cl.Cl. The van der Waals surface area contributed by atoms with E-state index in [4.69, 9.17) is 5.73 Å². The van der Waals surface area contributed by atoms with Gasteiger partial charge in [0.1, 0.15) is 0 Å². The highest BCUT2D eigenvalue weighted by molar-refractivity contribution is 5.85. The highest BCUT2D eigenvalue weighted by Gasteiger charge is 2.32. The molecule has 0 heterocycles. The monoisotopic (exact) mass is 367 g/mol. The second-order valence-corrected chi connectivity index (χ2v) is 7.21. The van der Waals surface area contributed by atoms with Crippen molar-refractivity contribution in [3.8, 4) is 0 Å². The van der Waals surface area contributed by atoms with E-state index >= 15 is 0 Å². The van der Waals surface area contributed by atoms with Gasteiger partial charge in [-0.15, -0.1) is 24.8 Å². The molecule has 1 amide bonds.